The Balaban J connectivity index is 1.41. The van der Waals surface area contributed by atoms with E-state index in [1.807, 2.05) is 6.07 Å². The van der Waals surface area contributed by atoms with Crippen molar-refractivity contribution in [1.82, 2.24) is 14.2 Å². The lowest BCUT2D eigenvalue weighted by Crippen LogP contribution is -2.48. The van der Waals surface area contributed by atoms with Gasteiger partial charge in [0, 0.05) is 44.8 Å². The van der Waals surface area contributed by atoms with Crippen molar-refractivity contribution in [2.24, 2.45) is 0 Å². The first-order chi connectivity index (χ1) is 16.3. The fourth-order valence-electron chi connectivity index (χ4n) is 3.92. The van der Waals surface area contributed by atoms with Gasteiger partial charge in [0.25, 0.3) is 5.91 Å². The van der Waals surface area contributed by atoms with Crippen molar-refractivity contribution in [2.75, 3.05) is 44.2 Å². The molecule has 2 aromatic carbocycles. The first-order valence-electron chi connectivity index (χ1n) is 11.1. The van der Waals surface area contributed by atoms with Crippen molar-refractivity contribution >= 4 is 42.6 Å². The van der Waals surface area contributed by atoms with Crippen LogP contribution in [0.1, 0.15) is 15.9 Å². The third kappa shape index (κ3) is 4.91. The number of carbonyl (C=O) groups excluding carboxylic acids is 1. The van der Waals surface area contributed by atoms with Gasteiger partial charge in [-0.15, -0.1) is 13.2 Å². The molecule has 1 aliphatic rings. The summed E-state index contributed by atoms with van der Waals surface area (Å²) in [5, 5.41) is 0.978. The summed E-state index contributed by atoms with van der Waals surface area (Å²) >= 11 is 1.68. The fourth-order valence-corrected chi connectivity index (χ4v) is 6.41. The third-order valence-corrected chi connectivity index (χ3v) is 8.70. The molecule has 0 N–H and O–H groups in total. The number of hydrogen-bond acceptors (Lipinski definition) is 6. The molecular weight excluding hydrogens is 468 g/mol. The maximum absolute atomic E-state index is 13.0. The van der Waals surface area contributed by atoms with Crippen LogP contribution in [0.4, 0.5) is 5.13 Å². The summed E-state index contributed by atoms with van der Waals surface area (Å²) < 4.78 is 28.2. The summed E-state index contributed by atoms with van der Waals surface area (Å²) in [6.45, 7) is 12.3. The number of nitrogens with zero attached hydrogens (tertiary/aromatic N) is 4. The average Bonchev–Trinajstić information content (AvgIpc) is 3.27. The number of benzene rings is 2. The molecule has 1 aliphatic heterocycles. The highest BCUT2D eigenvalue weighted by atomic mass is 32.2. The van der Waals surface area contributed by atoms with E-state index in [1.165, 1.54) is 38.9 Å². The van der Waals surface area contributed by atoms with Crippen molar-refractivity contribution < 1.29 is 13.2 Å². The normalized spacial score (nSPS) is 14.5. The van der Waals surface area contributed by atoms with Crippen molar-refractivity contribution in [1.29, 1.82) is 0 Å². The van der Waals surface area contributed by atoms with E-state index < -0.39 is 10.0 Å². The van der Waals surface area contributed by atoms with Gasteiger partial charge in [0.1, 0.15) is 0 Å². The molecule has 3 aromatic rings. The zero-order valence-corrected chi connectivity index (χ0v) is 20.8. The van der Waals surface area contributed by atoms with Crippen LogP contribution in [0, 0.1) is 6.92 Å². The highest BCUT2D eigenvalue weighted by molar-refractivity contribution is 7.89. The molecule has 2 heterocycles. The Bertz CT molecular complexity index is 1300. The third-order valence-electron chi connectivity index (χ3n) is 5.77. The van der Waals surface area contributed by atoms with Crippen LogP contribution in [0.15, 0.2) is 72.7 Å². The summed E-state index contributed by atoms with van der Waals surface area (Å²) in [4.78, 5) is 21.9. The highest BCUT2D eigenvalue weighted by Crippen LogP contribution is 2.30. The number of sulfonamides is 1. The topological polar surface area (TPSA) is 73.8 Å². The Labute approximate surface area is 204 Å². The number of anilines is 1. The molecule has 178 valence electrons. The van der Waals surface area contributed by atoms with Gasteiger partial charge in [-0.1, -0.05) is 29.6 Å². The molecule has 1 fully saturated rings. The van der Waals surface area contributed by atoms with Gasteiger partial charge in [-0.3, -0.25) is 4.79 Å². The van der Waals surface area contributed by atoms with Crippen LogP contribution in [0.3, 0.4) is 0 Å². The Hall–Kier alpha value is -3.01. The van der Waals surface area contributed by atoms with E-state index in [-0.39, 0.29) is 23.9 Å². The van der Waals surface area contributed by atoms with E-state index in [9.17, 15) is 13.2 Å². The zero-order chi connectivity index (χ0) is 24.3. The predicted octanol–water partition coefficient (Wildman–Crippen LogP) is 3.93. The predicted molar refractivity (Wildman–Crippen MR) is 138 cm³/mol. The molecule has 7 nitrogen and oxygen atoms in total. The molecule has 34 heavy (non-hydrogen) atoms. The van der Waals surface area contributed by atoms with Crippen LogP contribution in [-0.4, -0.2) is 67.8 Å². The maximum atomic E-state index is 13.0. The summed E-state index contributed by atoms with van der Waals surface area (Å²) in [5.41, 5.74) is 2.69. The molecule has 0 unspecified atom stereocenters. The van der Waals surface area contributed by atoms with E-state index in [0.29, 0.717) is 31.7 Å². The van der Waals surface area contributed by atoms with Crippen molar-refractivity contribution in [2.45, 2.75) is 11.8 Å². The molecule has 0 bridgehead atoms. The number of fused-ring (bicyclic) bond motifs is 1. The van der Waals surface area contributed by atoms with Gasteiger partial charge in [-0.05, 0) is 48.9 Å². The van der Waals surface area contributed by atoms with Gasteiger partial charge < -0.3 is 9.80 Å². The lowest BCUT2D eigenvalue weighted by atomic mass is 10.2. The zero-order valence-electron chi connectivity index (χ0n) is 19.2. The lowest BCUT2D eigenvalue weighted by molar-refractivity contribution is 0.0746. The number of amides is 1. The Kier molecular flexibility index (Phi) is 7.16. The first-order valence-corrected chi connectivity index (χ1v) is 13.3. The summed E-state index contributed by atoms with van der Waals surface area (Å²) in [6, 6.07) is 12.4. The number of hydrogen-bond donors (Lipinski definition) is 0. The van der Waals surface area contributed by atoms with Crippen LogP contribution in [-0.2, 0) is 10.0 Å². The molecule has 0 atom stereocenters. The van der Waals surface area contributed by atoms with Crippen molar-refractivity contribution in [3.8, 4) is 0 Å². The Morgan fingerprint density at radius 2 is 1.71 bits per heavy atom. The van der Waals surface area contributed by atoms with Gasteiger partial charge in [-0.2, -0.15) is 4.31 Å². The second-order valence-corrected chi connectivity index (χ2v) is 11.1. The molecular formula is C25H28N4O3S2. The summed E-state index contributed by atoms with van der Waals surface area (Å²) in [6.07, 6.45) is 3.07. The SMILES string of the molecule is C=CCN(CC=C)S(=O)(=O)c1ccc(C(=O)N2CCN(c3nc4ccc(C)cc4s3)CC2)cc1. The molecule has 0 aliphatic carbocycles. The average molecular weight is 497 g/mol. The minimum Gasteiger partial charge on any atom is -0.345 e. The molecule has 4 rings (SSSR count). The van der Waals surface area contributed by atoms with E-state index >= 15 is 0 Å². The van der Waals surface area contributed by atoms with Crippen molar-refractivity contribution in [3.63, 3.8) is 0 Å². The second-order valence-electron chi connectivity index (χ2n) is 8.17. The summed E-state index contributed by atoms with van der Waals surface area (Å²) in [7, 11) is -3.69. The lowest BCUT2D eigenvalue weighted by Gasteiger charge is -2.34. The monoisotopic (exact) mass is 496 g/mol. The number of aromatic nitrogens is 1. The minimum absolute atomic E-state index is 0.0995. The fraction of sp³-hybridized carbons (Fsp3) is 0.280. The van der Waals surface area contributed by atoms with E-state index in [0.717, 1.165) is 10.6 Å². The maximum Gasteiger partial charge on any atom is 0.253 e. The smallest absolute Gasteiger partial charge is 0.253 e. The van der Waals surface area contributed by atoms with Crippen LogP contribution in [0.5, 0.6) is 0 Å². The number of thiazole rings is 1. The van der Waals surface area contributed by atoms with Crippen molar-refractivity contribution in [3.05, 3.63) is 78.9 Å². The highest BCUT2D eigenvalue weighted by Gasteiger charge is 2.26. The van der Waals surface area contributed by atoms with Crippen LogP contribution in [0.25, 0.3) is 10.2 Å². The first kappa shape index (κ1) is 24.1. The molecule has 1 aromatic heterocycles. The molecule has 0 spiro atoms. The van der Waals surface area contributed by atoms with E-state index in [2.05, 4.69) is 37.1 Å². The molecule has 9 heteroatoms. The van der Waals surface area contributed by atoms with Gasteiger partial charge in [0.15, 0.2) is 5.13 Å². The van der Waals surface area contributed by atoms with Gasteiger partial charge >= 0.3 is 0 Å². The van der Waals surface area contributed by atoms with Gasteiger partial charge in [-0.25, -0.2) is 13.4 Å². The molecule has 0 saturated carbocycles. The number of carbonyl (C=O) groups is 1. The number of aryl methyl sites for hydroxylation is 1. The quantitative estimate of drug-likeness (QED) is 0.442. The van der Waals surface area contributed by atoms with E-state index in [4.69, 9.17) is 4.98 Å². The van der Waals surface area contributed by atoms with Crippen LogP contribution >= 0.6 is 11.3 Å². The standard InChI is InChI=1S/C25H28N4O3S2/c1-4-12-29(13-5-2)34(31,32)21-9-7-20(8-10-21)24(30)27-14-16-28(17-15-27)25-26-22-11-6-19(3)18-23(22)33-25/h4-11,18H,1-2,12-17H2,3H3. The molecule has 1 saturated heterocycles. The number of rotatable bonds is 8. The van der Waals surface area contributed by atoms with Crippen LogP contribution < -0.4 is 4.90 Å². The minimum atomic E-state index is -3.69. The van der Waals surface area contributed by atoms with Gasteiger partial charge in [0.05, 0.1) is 15.1 Å². The molecule has 0 radical (unpaired) electrons. The van der Waals surface area contributed by atoms with Crippen LogP contribution in [0.2, 0.25) is 0 Å². The second kappa shape index (κ2) is 10.1. The molecule has 1 amide bonds. The van der Waals surface area contributed by atoms with E-state index in [1.54, 1.807) is 28.4 Å². The largest absolute Gasteiger partial charge is 0.345 e. The summed E-state index contributed by atoms with van der Waals surface area (Å²) in [5.74, 6) is -0.0995. The van der Waals surface area contributed by atoms with Gasteiger partial charge in [0.2, 0.25) is 10.0 Å². The number of piperazine rings is 1. The Morgan fingerprint density at radius 3 is 2.32 bits per heavy atom. The Morgan fingerprint density at radius 1 is 1.06 bits per heavy atom.